The molecule has 88 valence electrons. The van der Waals surface area contributed by atoms with Crippen molar-refractivity contribution in [3.05, 3.63) is 22.5 Å². The Labute approximate surface area is 86.5 Å². The maximum absolute atomic E-state index is 12.5. The van der Waals surface area contributed by atoms with Crippen LogP contribution in [0.4, 0.5) is 13.2 Å². The number of aromatic amines is 1. The van der Waals surface area contributed by atoms with Crippen molar-refractivity contribution in [2.75, 3.05) is 0 Å². The maximum Gasteiger partial charge on any atom is 0.419 e. The molecular formula is C8H6F3NO4. The monoisotopic (exact) mass is 237 g/mol. The van der Waals surface area contributed by atoms with Gasteiger partial charge in [-0.05, 0) is 6.92 Å². The van der Waals surface area contributed by atoms with Crippen LogP contribution in [0.25, 0.3) is 0 Å². The average molecular weight is 237 g/mol. The molecule has 1 aromatic heterocycles. The number of aromatic nitrogens is 1. The van der Waals surface area contributed by atoms with Gasteiger partial charge in [0.1, 0.15) is 11.3 Å². The summed E-state index contributed by atoms with van der Waals surface area (Å²) in [5.74, 6) is -3.68. The quantitative estimate of drug-likeness (QED) is 0.730. The average Bonchev–Trinajstić information content (AvgIpc) is 2.41. The van der Waals surface area contributed by atoms with Crippen molar-refractivity contribution in [2.24, 2.45) is 0 Å². The van der Waals surface area contributed by atoms with E-state index in [1.165, 1.54) is 0 Å². The second-order valence-electron chi connectivity index (χ2n) is 2.98. The largest absolute Gasteiger partial charge is 0.478 e. The number of hydrogen-bond acceptors (Lipinski definition) is 2. The lowest BCUT2D eigenvalue weighted by Gasteiger charge is -2.07. The fourth-order valence-corrected chi connectivity index (χ4v) is 1.34. The number of alkyl halides is 3. The molecule has 0 aliphatic heterocycles. The molecule has 3 N–H and O–H groups in total. The Bertz CT molecular complexity index is 461. The Hall–Kier alpha value is -1.99. The summed E-state index contributed by atoms with van der Waals surface area (Å²) in [5.41, 5.74) is -4.24. The normalized spacial score (nSPS) is 11.5. The molecule has 0 aliphatic rings. The van der Waals surface area contributed by atoms with Crippen LogP contribution < -0.4 is 0 Å². The zero-order valence-corrected chi connectivity index (χ0v) is 7.84. The number of carboxylic acids is 2. The molecule has 0 amide bonds. The van der Waals surface area contributed by atoms with Crippen molar-refractivity contribution < 1.29 is 33.0 Å². The van der Waals surface area contributed by atoms with Crippen LogP contribution in [0.5, 0.6) is 0 Å². The summed E-state index contributed by atoms with van der Waals surface area (Å²) >= 11 is 0. The maximum atomic E-state index is 12.5. The van der Waals surface area contributed by atoms with Crippen LogP contribution in [0.2, 0.25) is 0 Å². The van der Waals surface area contributed by atoms with E-state index in [4.69, 9.17) is 10.2 Å². The SMILES string of the molecule is Cc1[nH]c(C(=O)O)c(C(F)(F)F)c1C(=O)O. The summed E-state index contributed by atoms with van der Waals surface area (Å²) < 4.78 is 37.5. The lowest BCUT2D eigenvalue weighted by atomic mass is 10.1. The van der Waals surface area contributed by atoms with Crippen molar-refractivity contribution in [2.45, 2.75) is 13.1 Å². The van der Waals surface area contributed by atoms with Crippen molar-refractivity contribution in [1.82, 2.24) is 4.98 Å². The highest BCUT2D eigenvalue weighted by atomic mass is 19.4. The predicted octanol–water partition coefficient (Wildman–Crippen LogP) is 1.74. The molecule has 16 heavy (non-hydrogen) atoms. The highest BCUT2D eigenvalue weighted by Gasteiger charge is 2.42. The van der Waals surface area contributed by atoms with E-state index >= 15 is 0 Å². The van der Waals surface area contributed by atoms with Crippen LogP contribution in [0.1, 0.15) is 32.1 Å². The molecule has 1 aromatic rings. The molecule has 1 rings (SSSR count). The van der Waals surface area contributed by atoms with Crippen molar-refractivity contribution in [3.8, 4) is 0 Å². The first-order valence-corrected chi connectivity index (χ1v) is 3.92. The van der Waals surface area contributed by atoms with Crippen LogP contribution in [-0.4, -0.2) is 27.1 Å². The summed E-state index contributed by atoms with van der Waals surface area (Å²) in [7, 11) is 0. The van der Waals surface area contributed by atoms with E-state index in [9.17, 15) is 22.8 Å². The highest BCUT2D eigenvalue weighted by molar-refractivity contribution is 5.97. The summed E-state index contributed by atoms with van der Waals surface area (Å²) in [6.45, 7) is 1.06. The summed E-state index contributed by atoms with van der Waals surface area (Å²) in [5, 5.41) is 17.1. The Kier molecular flexibility index (Phi) is 2.68. The number of aryl methyl sites for hydroxylation is 1. The molecule has 0 spiro atoms. The van der Waals surface area contributed by atoms with Gasteiger partial charge in [0.05, 0.1) is 5.56 Å². The lowest BCUT2D eigenvalue weighted by molar-refractivity contribution is -0.138. The van der Waals surface area contributed by atoms with Crippen LogP contribution in [0, 0.1) is 6.92 Å². The van der Waals surface area contributed by atoms with Crippen LogP contribution in [-0.2, 0) is 6.18 Å². The number of carbonyl (C=O) groups is 2. The molecule has 0 aromatic carbocycles. The minimum absolute atomic E-state index is 0.350. The molecule has 0 bridgehead atoms. The van der Waals surface area contributed by atoms with Crippen molar-refractivity contribution in [1.29, 1.82) is 0 Å². The zero-order chi connectivity index (χ0) is 12.7. The predicted molar refractivity (Wildman–Crippen MR) is 44.5 cm³/mol. The molecule has 5 nitrogen and oxygen atoms in total. The molecule has 0 fully saturated rings. The minimum Gasteiger partial charge on any atom is -0.478 e. The third-order valence-corrected chi connectivity index (χ3v) is 1.90. The van der Waals surface area contributed by atoms with Crippen molar-refractivity contribution >= 4 is 11.9 Å². The standard InChI is InChI=1S/C8H6F3NO4/c1-2-3(6(13)14)4(8(9,10)11)5(12-2)7(15)16/h12H,1H3,(H,13,14)(H,15,16). The number of carboxylic acid groups (broad SMARTS) is 2. The van der Waals surface area contributed by atoms with E-state index in [1.54, 1.807) is 0 Å². The Morgan fingerprint density at radius 3 is 2.00 bits per heavy atom. The van der Waals surface area contributed by atoms with Gasteiger partial charge in [-0.1, -0.05) is 0 Å². The number of H-pyrrole nitrogens is 1. The number of hydrogen-bond donors (Lipinski definition) is 3. The van der Waals surface area contributed by atoms with Gasteiger partial charge in [0, 0.05) is 5.69 Å². The Morgan fingerprint density at radius 1 is 1.19 bits per heavy atom. The molecule has 0 saturated carbocycles. The molecule has 8 heteroatoms. The van der Waals surface area contributed by atoms with E-state index in [0.717, 1.165) is 6.92 Å². The van der Waals surface area contributed by atoms with E-state index < -0.39 is 34.9 Å². The van der Waals surface area contributed by atoms with Gasteiger partial charge in [-0.15, -0.1) is 0 Å². The smallest absolute Gasteiger partial charge is 0.419 e. The third-order valence-electron chi connectivity index (χ3n) is 1.90. The lowest BCUT2D eigenvalue weighted by Crippen LogP contribution is -2.15. The third kappa shape index (κ3) is 1.86. The van der Waals surface area contributed by atoms with Crippen molar-refractivity contribution in [3.63, 3.8) is 0 Å². The van der Waals surface area contributed by atoms with Gasteiger partial charge in [-0.25, -0.2) is 9.59 Å². The van der Waals surface area contributed by atoms with Gasteiger partial charge in [-0.3, -0.25) is 0 Å². The highest BCUT2D eigenvalue weighted by Crippen LogP contribution is 2.36. The summed E-state index contributed by atoms with van der Waals surface area (Å²) in [6.07, 6.45) is -5.04. The van der Waals surface area contributed by atoms with Gasteiger partial charge in [0.15, 0.2) is 0 Å². The van der Waals surface area contributed by atoms with E-state index in [1.807, 2.05) is 4.98 Å². The Morgan fingerprint density at radius 2 is 1.69 bits per heavy atom. The van der Waals surface area contributed by atoms with Gasteiger partial charge in [-0.2, -0.15) is 13.2 Å². The van der Waals surface area contributed by atoms with E-state index in [-0.39, 0.29) is 5.69 Å². The van der Waals surface area contributed by atoms with Crippen LogP contribution >= 0.6 is 0 Å². The zero-order valence-electron chi connectivity index (χ0n) is 7.84. The van der Waals surface area contributed by atoms with Gasteiger partial charge < -0.3 is 15.2 Å². The van der Waals surface area contributed by atoms with Crippen LogP contribution in [0.3, 0.4) is 0 Å². The first kappa shape index (κ1) is 12.1. The summed E-state index contributed by atoms with van der Waals surface area (Å²) in [4.78, 5) is 23.0. The molecule has 0 atom stereocenters. The molecule has 0 radical (unpaired) electrons. The van der Waals surface area contributed by atoms with Gasteiger partial charge >= 0.3 is 18.1 Å². The number of nitrogens with one attached hydrogen (secondary N) is 1. The number of aromatic carboxylic acids is 2. The number of halogens is 3. The fraction of sp³-hybridized carbons (Fsp3) is 0.250. The fourth-order valence-electron chi connectivity index (χ4n) is 1.34. The molecule has 0 saturated heterocycles. The first-order valence-electron chi connectivity index (χ1n) is 3.92. The van der Waals surface area contributed by atoms with E-state index in [2.05, 4.69) is 0 Å². The Balaban J connectivity index is 3.63. The van der Waals surface area contributed by atoms with Gasteiger partial charge in [0.2, 0.25) is 0 Å². The number of rotatable bonds is 2. The van der Waals surface area contributed by atoms with Gasteiger partial charge in [0.25, 0.3) is 0 Å². The molecular weight excluding hydrogens is 231 g/mol. The first-order chi connectivity index (χ1) is 7.16. The second kappa shape index (κ2) is 3.54. The molecule has 1 heterocycles. The topological polar surface area (TPSA) is 90.4 Å². The van der Waals surface area contributed by atoms with Crippen LogP contribution in [0.15, 0.2) is 0 Å². The summed E-state index contributed by atoms with van der Waals surface area (Å²) in [6, 6.07) is 0. The molecule has 0 unspecified atom stereocenters. The van der Waals surface area contributed by atoms with E-state index in [0.29, 0.717) is 0 Å². The second-order valence-corrected chi connectivity index (χ2v) is 2.98. The molecule has 0 aliphatic carbocycles. The minimum atomic E-state index is -5.04.